The van der Waals surface area contributed by atoms with Crippen LogP contribution in [0.25, 0.3) is 10.9 Å². The molecular formula is C16H13FN2O2S. The average molecular weight is 316 g/mol. The zero-order valence-electron chi connectivity index (χ0n) is 11.7. The van der Waals surface area contributed by atoms with Crippen molar-refractivity contribution in [3.63, 3.8) is 0 Å². The van der Waals surface area contributed by atoms with Crippen molar-refractivity contribution in [3.8, 4) is 0 Å². The van der Waals surface area contributed by atoms with Gasteiger partial charge in [0.05, 0.1) is 10.6 Å². The van der Waals surface area contributed by atoms with Crippen LogP contribution in [0.1, 0.15) is 0 Å². The molecule has 112 valence electrons. The van der Waals surface area contributed by atoms with Gasteiger partial charge in [0.1, 0.15) is 16.2 Å². The summed E-state index contributed by atoms with van der Waals surface area (Å²) in [5.74, 6) is -0.488. The predicted molar refractivity (Wildman–Crippen MR) is 83.1 cm³/mol. The third kappa shape index (κ3) is 2.21. The lowest BCUT2D eigenvalue weighted by molar-refractivity contribution is 0.596. The monoisotopic (exact) mass is 316 g/mol. The molecule has 22 heavy (non-hydrogen) atoms. The first-order valence-corrected chi connectivity index (χ1v) is 8.09. The van der Waals surface area contributed by atoms with E-state index >= 15 is 0 Å². The summed E-state index contributed by atoms with van der Waals surface area (Å²) >= 11 is 0. The van der Waals surface area contributed by atoms with Crippen molar-refractivity contribution in [2.75, 3.05) is 12.4 Å². The first-order chi connectivity index (χ1) is 10.6. The molecule has 0 aliphatic heterocycles. The number of halogens is 1. The minimum atomic E-state index is -3.73. The standard InChI is InChI=1S/C16H13FN2O2S/c1-18-16-12-8-5-9-13(17)15(12)19-10-14(16)22(20,21)11-6-3-2-4-7-11/h2-10H,1H3,(H,18,19). The summed E-state index contributed by atoms with van der Waals surface area (Å²) in [7, 11) is -2.13. The van der Waals surface area contributed by atoms with Gasteiger partial charge in [-0.05, 0) is 18.2 Å². The van der Waals surface area contributed by atoms with Crippen LogP contribution in [-0.2, 0) is 9.84 Å². The molecule has 0 aliphatic carbocycles. The van der Waals surface area contributed by atoms with Crippen molar-refractivity contribution in [1.82, 2.24) is 4.98 Å². The molecule has 4 nitrogen and oxygen atoms in total. The van der Waals surface area contributed by atoms with Crippen LogP contribution in [0.5, 0.6) is 0 Å². The number of rotatable bonds is 3. The number of nitrogens with zero attached hydrogens (tertiary/aromatic N) is 1. The van der Waals surface area contributed by atoms with Crippen molar-refractivity contribution in [1.29, 1.82) is 0 Å². The minimum Gasteiger partial charge on any atom is -0.386 e. The van der Waals surface area contributed by atoms with Gasteiger partial charge >= 0.3 is 0 Å². The molecule has 1 N–H and O–H groups in total. The van der Waals surface area contributed by atoms with E-state index in [4.69, 9.17) is 0 Å². The van der Waals surface area contributed by atoms with Crippen LogP contribution < -0.4 is 5.32 Å². The lowest BCUT2D eigenvalue weighted by atomic mass is 10.2. The molecule has 0 aliphatic rings. The highest BCUT2D eigenvalue weighted by Crippen LogP contribution is 2.33. The molecule has 0 saturated carbocycles. The third-order valence-electron chi connectivity index (χ3n) is 3.41. The van der Waals surface area contributed by atoms with Crippen molar-refractivity contribution < 1.29 is 12.8 Å². The summed E-state index contributed by atoms with van der Waals surface area (Å²) in [6.45, 7) is 0. The number of pyridine rings is 1. The zero-order valence-corrected chi connectivity index (χ0v) is 12.6. The van der Waals surface area contributed by atoms with Crippen LogP contribution in [0.4, 0.5) is 10.1 Å². The van der Waals surface area contributed by atoms with E-state index in [0.717, 1.165) is 0 Å². The molecule has 0 fully saturated rings. The molecule has 0 unspecified atom stereocenters. The summed E-state index contributed by atoms with van der Waals surface area (Å²) < 4.78 is 39.4. The van der Waals surface area contributed by atoms with E-state index in [0.29, 0.717) is 11.1 Å². The summed E-state index contributed by atoms with van der Waals surface area (Å²) in [4.78, 5) is 4.18. The van der Waals surface area contributed by atoms with Crippen molar-refractivity contribution in [2.24, 2.45) is 0 Å². The quantitative estimate of drug-likeness (QED) is 0.806. The highest BCUT2D eigenvalue weighted by atomic mass is 32.2. The van der Waals surface area contributed by atoms with Gasteiger partial charge in [-0.2, -0.15) is 0 Å². The minimum absolute atomic E-state index is 0.0271. The Morgan fingerprint density at radius 3 is 2.45 bits per heavy atom. The molecule has 3 aromatic rings. The highest BCUT2D eigenvalue weighted by molar-refractivity contribution is 7.91. The molecule has 0 saturated heterocycles. The number of anilines is 1. The Bertz CT molecular complexity index is 941. The number of para-hydroxylation sites is 1. The summed E-state index contributed by atoms with van der Waals surface area (Å²) in [5, 5.41) is 3.29. The Kier molecular flexibility index (Phi) is 3.54. The molecule has 3 rings (SSSR count). The fourth-order valence-corrected chi connectivity index (χ4v) is 3.80. The van der Waals surface area contributed by atoms with Gasteiger partial charge in [-0.3, -0.25) is 4.98 Å². The Hall–Kier alpha value is -2.47. The number of hydrogen-bond acceptors (Lipinski definition) is 4. The third-order valence-corrected chi connectivity index (χ3v) is 5.19. The topological polar surface area (TPSA) is 59.1 Å². The van der Waals surface area contributed by atoms with E-state index in [1.807, 2.05) is 0 Å². The van der Waals surface area contributed by atoms with E-state index in [-0.39, 0.29) is 15.3 Å². The van der Waals surface area contributed by atoms with Gasteiger partial charge in [-0.15, -0.1) is 0 Å². The second kappa shape index (κ2) is 5.38. The SMILES string of the molecule is CNc1c(S(=O)(=O)c2ccccc2)cnc2c(F)cccc12. The Balaban J connectivity index is 2.33. The van der Waals surface area contributed by atoms with Crippen molar-refractivity contribution >= 4 is 26.4 Å². The largest absolute Gasteiger partial charge is 0.386 e. The first kappa shape index (κ1) is 14.5. The molecule has 1 aromatic heterocycles. The van der Waals surface area contributed by atoms with E-state index in [9.17, 15) is 12.8 Å². The molecule has 2 aromatic carbocycles. The van der Waals surface area contributed by atoms with Gasteiger partial charge in [0.2, 0.25) is 9.84 Å². The average Bonchev–Trinajstić information content (AvgIpc) is 2.55. The molecule has 0 amide bonds. The number of aromatic nitrogens is 1. The van der Waals surface area contributed by atoms with Gasteiger partial charge in [0.25, 0.3) is 0 Å². The molecular weight excluding hydrogens is 303 g/mol. The van der Waals surface area contributed by atoms with E-state index < -0.39 is 15.7 Å². The molecule has 0 spiro atoms. The van der Waals surface area contributed by atoms with Gasteiger partial charge < -0.3 is 5.32 Å². The Morgan fingerprint density at radius 1 is 1.05 bits per heavy atom. The smallest absolute Gasteiger partial charge is 0.210 e. The van der Waals surface area contributed by atoms with E-state index in [1.165, 1.54) is 30.5 Å². The number of sulfone groups is 1. The van der Waals surface area contributed by atoms with Gasteiger partial charge in [0.15, 0.2) is 0 Å². The highest BCUT2D eigenvalue weighted by Gasteiger charge is 2.23. The predicted octanol–water partition coefficient (Wildman–Crippen LogP) is 3.25. The summed E-state index contributed by atoms with van der Waals surface area (Å²) in [6, 6.07) is 12.5. The van der Waals surface area contributed by atoms with Crippen LogP contribution in [0.3, 0.4) is 0 Å². The van der Waals surface area contributed by atoms with Gasteiger partial charge in [-0.25, -0.2) is 12.8 Å². The molecule has 1 heterocycles. The zero-order chi connectivity index (χ0) is 15.7. The molecule has 0 radical (unpaired) electrons. The first-order valence-electron chi connectivity index (χ1n) is 6.61. The maximum atomic E-state index is 13.8. The van der Waals surface area contributed by atoms with Crippen LogP contribution in [0, 0.1) is 5.82 Å². The fourth-order valence-electron chi connectivity index (χ4n) is 2.36. The van der Waals surface area contributed by atoms with Crippen LogP contribution in [0.15, 0.2) is 64.5 Å². The van der Waals surface area contributed by atoms with Crippen molar-refractivity contribution in [3.05, 3.63) is 60.5 Å². The maximum Gasteiger partial charge on any atom is 0.210 e. The van der Waals surface area contributed by atoms with Crippen molar-refractivity contribution in [2.45, 2.75) is 9.79 Å². The van der Waals surface area contributed by atoms with Crippen LogP contribution in [0.2, 0.25) is 0 Å². The number of hydrogen-bond donors (Lipinski definition) is 1. The van der Waals surface area contributed by atoms with E-state index in [2.05, 4.69) is 10.3 Å². The summed E-state index contributed by atoms with van der Waals surface area (Å²) in [6.07, 6.45) is 1.19. The fraction of sp³-hybridized carbons (Fsp3) is 0.0625. The number of benzene rings is 2. The van der Waals surface area contributed by atoms with Crippen LogP contribution in [-0.4, -0.2) is 20.4 Å². The molecule has 6 heteroatoms. The lowest BCUT2D eigenvalue weighted by Crippen LogP contribution is -2.07. The normalized spacial score (nSPS) is 11.5. The van der Waals surface area contributed by atoms with E-state index in [1.54, 1.807) is 31.3 Å². The lowest BCUT2D eigenvalue weighted by Gasteiger charge is -2.13. The van der Waals surface area contributed by atoms with Crippen LogP contribution >= 0.6 is 0 Å². The second-order valence-electron chi connectivity index (χ2n) is 4.70. The number of nitrogens with one attached hydrogen (secondary N) is 1. The van der Waals surface area contributed by atoms with Gasteiger partial charge in [0, 0.05) is 18.6 Å². The number of fused-ring (bicyclic) bond motifs is 1. The maximum absolute atomic E-state index is 13.8. The molecule has 0 atom stereocenters. The molecule has 0 bridgehead atoms. The van der Waals surface area contributed by atoms with Gasteiger partial charge in [-0.1, -0.05) is 30.3 Å². The summed E-state index contributed by atoms with van der Waals surface area (Å²) in [5.41, 5.74) is 0.479. The Morgan fingerprint density at radius 2 is 1.77 bits per heavy atom. The second-order valence-corrected chi connectivity index (χ2v) is 6.62. The Labute approximate surface area is 127 Å².